The molecule has 96 valence electrons. The molecule has 1 aromatic heterocycles. The first kappa shape index (κ1) is 11.9. The fourth-order valence-corrected chi connectivity index (χ4v) is 2.35. The number of hydrogen-bond acceptors (Lipinski definition) is 2. The first-order chi connectivity index (χ1) is 9.19. The molecule has 0 unspecified atom stereocenters. The molecule has 0 fully saturated rings. The van der Waals surface area contributed by atoms with E-state index >= 15 is 0 Å². The molecular formula is C15H13ClN2O. The standard InChI is InChI=1S/C15H13ClN2O/c1-19-12-3-5-14-10(8-12)6-7-18(14)15-9-11(16)2-4-13(15)17/h2-9H,17H2,1H3. The summed E-state index contributed by atoms with van der Waals surface area (Å²) in [5, 5.41) is 1.76. The van der Waals surface area contributed by atoms with Crippen LogP contribution in [-0.4, -0.2) is 11.7 Å². The number of benzene rings is 2. The predicted molar refractivity (Wildman–Crippen MR) is 79.2 cm³/mol. The lowest BCUT2D eigenvalue weighted by molar-refractivity contribution is 0.415. The van der Waals surface area contributed by atoms with Crippen LogP contribution in [0.1, 0.15) is 0 Å². The minimum absolute atomic E-state index is 0.666. The molecule has 3 nitrogen and oxygen atoms in total. The van der Waals surface area contributed by atoms with E-state index in [4.69, 9.17) is 22.1 Å². The number of aromatic nitrogens is 1. The van der Waals surface area contributed by atoms with Crippen molar-refractivity contribution in [3.05, 3.63) is 53.7 Å². The van der Waals surface area contributed by atoms with Crippen LogP contribution in [-0.2, 0) is 0 Å². The molecule has 2 N–H and O–H groups in total. The second-order valence-corrected chi connectivity index (χ2v) is 4.75. The first-order valence-corrected chi connectivity index (χ1v) is 6.27. The summed E-state index contributed by atoms with van der Waals surface area (Å²) >= 11 is 6.04. The monoisotopic (exact) mass is 272 g/mol. The highest BCUT2D eigenvalue weighted by molar-refractivity contribution is 6.30. The van der Waals surface area contributed by atoms with Gasteiger partial charge in [-0.05, 0) is 42.5 Å². The van der Waals surface area contributed by atoms with Gasteiger partial charge in [0.1, 0.15) is 5.75 Å². The van der Waals surface area contributed by atoms with Crippen LogP contribution >= 0.6 is 11.6 Å². The van der Waals surface area contributed by atoms with E-state index in [1.807, 2.05) is 47.2 Å². The summed E-state index contributed by atoms with van der Waals surface area (Å²) in [5.41, 5.74) is 8.66. The fourth-order valence-electron chi connectivity index (χ4n) is 2.18. The van der Waals surface area contributed by atoms with Crippen molar-refractivity contribution >= 4 is 28.2 Å². The second kappa shape index (κ2) is 4.52. The van der Waals surface area contributed by atoms with Crippen molar-refractivity contribution < 1.29 is 4.74 Å². The van der Waals surface area contributed by atoms with Gasteiger partial charge in [0.2, 0.25) is 0 Å². The highest BCUT2D eigenvalue weighted by Crippen LogP contribution is 2.28. The summed E-state index contributed by atoms with van der Waals surface area (Å²) < 4.78 is 7.25. The van der Waals surface area contributed by atoms with E-state index < -0.39 is 0 Å². The van der Waals surface area contributed by atoms with Gasteiger partial charge in [-0.25, -0.2) is 0 Å². The lowest BCUT2D eigenvalue weighted by Gasteiger charge is -2.09. The van der Waals surface area contributed by atoms with Crippen molar-refractivity contribution in [1.29, 1.82) is 0 Å². The molecule has 0 saturated carbocycles. The van der Waals surface area contributed by atoms with Gasteiger partial charge in [0.05, 0.1) is 24.0 Å². The molecule has 19 heavy (non-hydrogen) atoms. The molecule has 0 spiro atoms. The Bertz CT molecular complexity index is 749. The van der Waals surface area contributed by atoms with Crippen molar-refractivity contribution in [3.63, 3.8) is 0 Å². The van der Waals surface area contributed by atoms with Crippen LogP contribution in [0.4, 0.5) is 5.69 Å². The maximum absolute atomic E-state index is 6.04. The van der Waals surface area contributed by atoms with E-state index in [0.717, 1.165) is 22.3 Å². The van der Waals surface area contributed by atoms with E-state index in [0.29, 0.717) is 10.7 Å². The molecule has 0 saturated heterocycles. The van der Waals surface area contributed by atoms with Gasteiger partial charge in [-0.15, -0.1) is 0 Å². The number of nitrogens with zero attached hydrogens (tertiary/aromatic N) is 1. The Balaban J connectivity index is 2.23. The molecule has 0 aliphatic heterocycles. The molecule has 4 heteroatoms. The summed E-state index contributed by atoms with van der Waals surface area (Å²) in [7, 11) is 1.66. The highest BCUT2D eigenvalue weighted by atomic mass is 35.5. The summed E-state index contributed by atoms with van der Waals surface area (Å²) in [4.78, 5) is 0. The number of fused-ring (bicyclic) bond motifs is 1. The quantitative estimate of drug-likeness (QED) is 0.719. The Morgan fingerprint density at radius 1 is 1.11 bits per heavy atom. The summed E-state index contributed by atoms with van der Waals surface area (Å²) in [5.74, 6) is 0.837. The number of rotatable bonds is 2. The van der Waals surface area contributed by atoms with Crippen LogP contribution in [0.3, 0.4) is 0 Å². The van der Waals surface area contributed by atoms with E-state index in [-0.39, 0.29) is 0 Å². The minimum atomic E-state index is 0.666. The first-order valence-electron chi connectivity index (χ1n) is 5.89. The van der Waals surface area contributed by atoms with Crippen molar-refractivity contribution in [3.8, 4) is 11.4 Å². The van der Waals surface area contributed by atoms with Gasteiger partial charge in [-0.3, -0.25) is 0 Å². The predicted octanol–water partition coefficient (Wildman–Crippen LogP) is 3.87. The van der Waals surface area contributed by atoms with Crippen LogP contribution in [0.5, 0.6) is 5.75 Å². The zero-order chi connectivity index (χ0) is 13.4. The van der Waals surface area contributed by atoms with Crippen LogP contribution in [0, 0.1) is 0 Å². The number of halogens is 1. The number of nitrogens with two attached hydrogens (primary N) is 1. The SMILES string of the molecule is COc1ccc2c(ccn2-c2cc(Cl)ccc2N)c1. The van der Waals surface area contributed by atoms with Crippen molar-refractivity contribution in [1.82, 2.24) is 4.57 Å². The van der Waals surface area contributed by atoms with Gasteiger partial charge in [0, 0.05) is 16.6 Å². The molecule has 2 aromatic carbocycles. The highest BCUT2D eigenvalue weighted by Gasteiger charge is 2.07. The molecule has 0 aliphatic rings. The molecule has 0 amide bonds. The van der Waals surface area contributed by atoms with Gasteiger partial charge in [0.25, 0.3) is 0 Å². The Hall–Kier alpha value is -2.13. The lowest BCUT2D eigenvalue weighted by atomic mass is 10.2. The third kappa shape index (κ3) is 2.02. The molecule has 0 atom stereocenters. The number of hydrogen-bond donors (Lipinski definition) is 1. The van der Waals surface area contributed by atoms with Crippen LogP contribution in [0.2, 0.25) is 5.02 Å². The number of nitrogen functional groups attached to an aromatic ring is 1. The summed E-state index contributed by atoms with van der Waals surface area (Å²) in [6.07, 6.45) is 1.98. The largest absolute Gasteiger partial charge is 0.497 e. The number of anilines is 1. The third-order valence-electron chi connectivity index (χ3n) is 3.15. The van der Waals surface area contributed by atoms with Crippen molar-refractivity contribution in [2.75, 3.05) is 12.8 Å². The van der Waals surface area contributed by atoms with Crippen molar-refractivity contribution in [2.45, 2.75) is 0 Å². The molecular weight excluding hydrogens is 260 g/mol. The van der Waals surface area contributed by atoms with Crippen molar-refractivity contribution in [2.24, 2.45) is 0 Å². The average molecular weight is 273 g/mol. The van der Waals surface area contributed by atoms with Gasteiger partial charge >= 0.3 is 0 Å². The van der Waals surface area contributed by atoms with E-state index in [1.54, 1.807) is 13.2 Å². The van der Waals surface area contributed by atoms with Gasteiger partial charge in [-0.2, -0.15) is 0 Å². The maximum atomic E-state index is 6.04. The Labute approximate surface area is 116 Å². The minimum Gasteiger partial charge on any atom is -0.497 e. The lowest BCUT2D eigenvalue weighted by Crippen LogP contribution is -1.98. The zero-order valence-electron chi connectivity index (χ0n) is 10.4. The average Bonchev–Trinajstić information content (AvgIpc) is 2.84. The Kier molecular flexibility index (Phi) is 2.84. The molecule has 3 aromatic rings. The fraction of sp³-hybridized carbons (Fsp3) is 0.0667. The van der Waals surface area contributed by atoms with E-state index in [2.05, 4.69) is 0 Å². The third-order valence-corrected chi connectivity index (χ3v) is 3.38. The molecule has 0 bridgehead atoms. The van der Waals surface area contributed by atoms with E-state index in [1.165, 1.54) is 0 Å². The number of ether oxygens (including phenoxy) is 1. The normalized spacial score (nSPS) is 10.8. The van der Waals surface area contributed by atoms with Crippen LogP contribution in [0.25, 0.3) is 16.6 Å². The second-order valence-electron chi connectivity index (χ2n) is 4.31. The molecule has 1 heterocycles. The Morgan fingerprint density at radius 3 is 2.74 bits per heavy atom. The molecule has 3 rings (SSSR count). The van der Waals surface area contributed by atoms with Gasteiger partial charge in [-0.1, -0.05) is 11.6 Å². The zero-order valence-corrected chi connectivity index (χ0v) is 11.2. The van der Waals surface area contributed by atoms with Crippen LogP contribution < -0.4 is 10.5 Å². The number of methoxy groups -OCH3 is 1. The topological polar surface area (TPSA) is 40.2 Å². The van der Waals surface area contributed by atoms with Gasteiger partial charge in [0.15, 0.2) is 0 Å². The van der Waals surface area contributed by atoms with Gasteiger partial charge < -0.3 is 15.0 Å². The smallest absolute Gasteiger partial charge is 0.119 e. The summed E-state index contributed by atoms with van der Waals surface area (Å²) in [6, 6.07) is 13.4. The summed E-state index contributed by atoms with van der Waals surface area (Å²) in [6.45, 7) is 0. The Morgan fingerprint density at radius 2 is 1.95 bits per heavy atom. The molecule has 0 aliphatic carbocycles. The molecule has 0 radical (unpaired) electrons. The van der Waals surface area contributed by atoms with E-state index in [9.17, 15) is 0 Å². The van der Waals surface area contributed by atoms with Crippen LogP contribution in [0.15, 0.2) is 48.7 Å². The maximum Gasteiger partial charge on any atom is 0.119 e.